The topological polar surface area (TPSA) is 29.3 Å². The summed E-state index contributed by atoms with van der Waals surface area (Å²) in [5.74, 6) is 1.65. The molecule has 1 aliphatic rings. The molecule has 0 amide bonds. The Morgan fingerprint density at radius 2 is 2.32 bits per heavy atom. The molecule has 0 bridgehead atoms. The Balaban J connectivity index is 1.96. The molecule has 1 heterocycles. The zero-order valence-electron chi connectivity index (χ0n) is 11.9. The molecule has 0 spiro atoms. The monoisotopic (exact) mass is 344 g/mol. The summed E-state index contributed by atoms with van der Waals surface area (Å²) in [5.41, 5.74) is 6.06. The van der Waals surface area contributed by atoms with E-state index in [9.17, 15) is 0 Å². The summed E-state index contributed by atoms with van der Waals surface area (Å²) in [6, 6.07) is 2.75. The third-order valence-electron chi connectivity index (χ3n) is 4.36. The highest BCUT2D eigenvalue weighted by Crippen LogP contribution is 2.33. The van der Waals surface area contributed by atoms with E-state index in [1.54, 1.807) is 0 Å². The van der Waals surface area contributed by atoms with Gasteiger partial charge in [0.15, 0.2) is 0 Å². The molecule has 1 aliphatic carbocycles. The summed E-state index contributed by atoms with van der Waals surface area (Å²) in [4.78, 5) is 3.87. The first-order chi connectivity index (χ1) is 9.10. The Morgan fingerprint density at radius 3 is 2.89 bits per heavy atom. The van der Waals surface area contributed by atoms with Gasteiger partial charge in [-0.3, -0.25) is 4.90 Å². The van der Waals surface area contributed by atoms with Crippen LogP contribution >= 0.6 is 27.3 Å². The minimum Gasteiger partial charge on any atom is -0.329 e. The third-order valence-corrected chi connectivity index (χ3v) is 6.04. The zero-order valence-corrected chi connectivity index (χ0v) is 14.3. The quantitative estimate of drug-likeness (QED) is 0.871. The molecule has 3 atom stereocenters. The molecule has 108 valence electrons. The molecule has 4 heteroatoms. The largest absolute Gasteiger partial charge is 0.329 e. The molecule has 0 saturated heterocycles. The van der Waals surface area contributed by atoms with E-state index in [1.807, 2.05) is 11.3 Å². The van der Waals surface area contributed by atoms with Crippen LogP contribution in [0.25, 0.3) is 0 Å². The highest BCUT2D eigenvalue weighted by atomic mass is 79.9. The van der Waals surface area contributed by atoms with Crippen molar-refractivity contribution < 1.29 is 0 Å². The van der Waals surface area contributed by atoms with E-state index in [0.29, 0.717) is 6.04 Å². The van der Waals surface area contributed by atoms with Crippen LogP contribution in [0.5, 0.6) is 0 Å². The Bertz CT molecular complexity index is 393. The van der Waals surface area contributed by atoms with Crippen LogP contribution in [0.2, 0.25) is 0 Å². The smallest absolute Gasteiger partial charge is 0.0328 e. The summed E-state index contributed by atoms with van der Waals surface area (Å²) in [6.45, 7) is 4.18. The van der Waals surface area contributed by atoms with Gasteiger partial charge in [0.05, 0.1) is 0 Å². The summed E-state index contributed by atoms with van der Waals surface area (Å²) in [7, 11) is 2.23. The van der Waals surface area contributed by atoms with Crippen molar-refractivity contribution in [3.05, 3.63) is 20.8 Å². The van der Waals surface area contributed by atoms with Crippen molar-refractivity contribution in [1.29, 1.82) is 0 Å². The Morgan fingerprint density at radius 1 is 1.53 bits per heavy atom. The van der Waals surface area contributed by atoms with Crippen molar-refractivity contribution in [2.75, 3.05) is 13.6 Å². The number of hydrogen-bond donors (Lipinski definition) is 1. The van der Waals surface area contributed by atoms with Crippen molar-refractivity contribution in [1.82, 2.24) is 4.90 Å². The number of nitrogens with two attached hydrogens (primary N) is 1. The predicted octanol–water partition coefficient (Wildman–Crippen LogP) is 4.10. The normalized spacial score (nSPS) is 25.7. The maximum absolute atomic E-state index is 6.06. The molecule has 19 heavy (non-hydrogen) atoms. The van der Waals surface area contributed by atoms with Gasteiger partial charge in [-0.25, -0.2) is 0 Å². The zero-order chi connectivity index (χ0) is 13.8. The van der Waals surface area contributed by atoms with Crippen LogP contribution in [0.1, 0.15) is 37.5 Å². The summed E-state index contributed by atoms with van der Waals surface area (Å²) < 4.78 is 1.19. The van der Waals surface area contributed by atoms with Gasteiger partial charge in [-0.2, -0.15) is 0 Å². The van der Waals surface area contributed by atoms with E-state index in [0.717, 1.165) is 24.9 Å². The van der Waals surface area contributed by atoms with Crippen molar-refractivity contribution >= 4 is 27.3 Å². The fourth-order valence-electron chi connectivity index (χ4n) is 3.36. The van der Waals surface area contributed by atoms with Crippen LogP contribution < -0.4 is 5.73 Å². The highest BCUT2D eigenvalue weighted by Gasteiger charge is 2.28. The van der Waals surface area contributed by atoms with E-state index < -0.39 is 0 Å². The standard InChI is InChI=1S/C15H25BrN2S/c1-11-4-3-5-12(6-11)15(8-17)18(2)9-14-7-13(16)10-19-14/h7,10-12,15H,3-6,8-9,17H2,1-2H3. The fraction of sp³-hybridized carbons (Fsp3) is 0.733. The van der Waals surface area contributed by atoms with E-state index in [2.05, 4.69) is 46.2 Å². The molecule has 2 N–H and O–H groups in total. The highest BCUT2D eigenvalue weighted by molar-refractivity contribution is 9.10. The van der Waals surface area contributed by atoms with Gasteiger partial charge in [-0.15, -0.1) is 11.3 Å². The van der Waals surface area contributed by atoms with Gasteiger partial charge in [0, 0.05) is 33.9 Å². The SMILES string of the molecule is CC1CCCC(C(CN)N(C)Cc2cc(Br)cs2)C1. The second-order valence-corrected chi connectivity index (χ2v) is 7.89. The van der Waals surface area contributed by atoms with Crippen molar-refractivity contribution in [2.24, 2.45) is 17.6 Å². The fourth-order valence-corrected chi connectivity index (χ4v) is 4.88. The van der Waals surface area contributed by atoms with Gasteiger partial charge in [0.2, 0.25) is 0 Å². The number of hydrogen-bond acceptors (Lipinski definition) is 3. The maximum atomic E-state index is 6.06. The molecule has 3 unspecified atom stereocenters. The van der Waals surface area contributed by atoms with E-state index in [4.69, 9.17) is 5.73 Å². The first-order valence-electron chi connectivity index (χ1n) is 7.23. The van der Waals surface area contributed by atoms with Crippen molar-refractivity contribution in [3.63, 3.8) is 0 Å². The van der Waals surface area contributed by atoms with Gasteiger partial charge < -0.3 is 5.73 Å². The van der Waals surface area contributed by atoms with Crippen molar-refractivity contribution in [3.8, 4) is 0 Å². The number of rotatable bonds is 5. The Hall–Kier alpha value is 0.1000. The van der Waals surface area contributed by atoms with E-state index >= 15 is 0 Å². The first-order valence-corrected chi connectivity index (χ1v) is 8.90. The van der Waals surface area contributed by atoms with E-state index in [-0.39, 0.29) is 0 Å². The van der Waals surface area contributed by atoms with Gasteiger partial charge in [-0.05, 0) is 53.7 Å². The minimum absolute atomic E-state index is 0.531. The van der Waals surface area contributed by atoms with Crippen LogP contribution in [0.3, 0.4) is 0 Å². The molecule has 1 saturated carbocycles. The number of thiophene rings is 1. The summed E-state index contributed by atoms with van der Waals surface area (Å²) in [5, 5.41) is 2.16. The van der Waals surface area contributed by atoms with Gasteiger partial charge in [0.1, 0.15) is 0 Å². The lowest BCUT2D eigenvalue weighted by Gasteiger charge is -2.37. The molecular formula is C15H25BrN2S. The van der Waals surface area contributed by atoms with Crippen LogP contribution in [0, 0.1) is 11.8 Å². The molecule has 0 aliphatic heterocycles. The first kappa shape index (κ1) is 15.5. The van der Waals surface area contributed by atoms with Crippen LogP contribution in [-0.4, -0.2) is 24.5 Å². The predicted molar refractivity (Wildman–Crippen MR) is 87.5 cm³/mol. The summed E-state index contributed by atoms with van der Waals surface area (Å²) in [6.07, 6.45) is 5.47. The summed E-state index contributed by atoms with van der Waals surface area (Å²) >= 11 is 5.35. The lowest BCUT2D eigenvalue weighted by atomic mass is 9.78. The minimum atomic E-state index is 0.531. The van der Waals surface area contributed by atoms with E-state index in [1.165, 1.54) is 35.0 Å². The van der Waals surface area contributed by atoms with Crippen LogP contribution in [0.15, 0.2) is 15.9 Å². The Labute approximate surface area is 129 Å². The Kier molecular flexibility index (Phi) is 5.87. The van der Waals surface area contributed by atoms with Gasteiger partial charge in [0.25, 0.3) is 0 Å². The van der Waals surface area contributed by atoms with Gasteiger partial charge >= 0.3 is 0 Å². The number of halogens is 1. The average molecular weight is 345 g/mol. The lowest BCUT2D eigenvalue weighted by Crippen LogP contribution is -2.44. The molecule has 0 radical (unpaired) electrons. The average Bonchev–Trinajstić information content (AvgIpc) is 2.75. The number of nitrogens with zero attached hydrogens (tertiary/aromatic N) is 1. The molecule has 1 aromatic rings. The molecule has 1 fully saturated rings. The second kappa shape index (κ2) is 7.21. The van der Waals surface area contributed by atoms with Crippen LogP contribution in [-0.2, 0) is 6.54 Å². The molecular weight excluding hydrogens is 320 g/mol. The van der Waals surface area contributed by atoms with Crippen molar-refractivity contribution in [2.45, 2.75) is 45.2 Å². The molecule has 2 nitrogen and oxygen atoms in total. The van der Waals surface area contributed by atoms with Crippen LogP contribution in [0.4, 0.5) is 0 Å². The third kappa shape index (κ3) is 4.28. The molecule has 1 aromatic heterocycles. The van der Waals surface area contributed by atoms with Gasteiger partial charge in [-0.1, -0.05) is 19.8 Å². The molecule has 2 rings (SSSR count). The number of likely N-dealkylation sites (N-methyl/N-ethyl adjacent to an activating group) is 1. The lowest BCUT2D eigenvalue weighted by molar-refractivity contribution is 0.126. The molecule has 0 aromatic carbocycles. The second-order valence-electron chi connectivity index (χ2n) is 5.98. The maximum Gasteiger partial charge on any atom is 0.0328 e.